The molecule has 0 radical (unpaired) electrons. The highest BCUT2D eigenvalue weighted by atomic mass is 32.2. The Morgan fingerprint density at radius 2 is 1.63 bits per heavy atom. The molecule has 154 valence electrons. The van der Waals surface area contributed by atoms with E-state index < -0.39 is 15.9 Å². The molecule has 0 unspecified atom stereocenters. The Morgan fingerprint density at radius 3 is 2.27 bits per heavy atom. The van der Waals surface area contributed by atoms with E-state index in [1.54, 1.807) is 66.7 Å². The van der Waals surface area contributed by atoms with E-state index in [0.29, 0.717) is 16.8 Å². The summed E-state index contributed by atoms with van der Waals surface area (Å²) in [4.78, 5) is 12.2. The number of phenols is 1. The van der Waals surface area contributed by atoms with Gasteiger partial charge in [0.25, 0.3) is 5.91 Å². The molecule has 30 heavy (non-hydrogen) atoms. The molecule has 0 aromatic heterocycles. The van der Waals surface area contributed by atoms with Crippen LogP contribution in [0.4, 0.5) is 5.69 Å². The van der Waals surface area contributed by atoms with Crippen LogP contribution in [0.3, 0.4) is 0 Å². The molecule has 0 aliphatic heterocycles. The van der Waals surface area contributed by atoms with E-state index in [4.69, 9.17) is 0 Å². The van der Waals surface area contributed by atoms with Crippen molar-refractivity contribution in [1.82, 2.24) is 5.43 Å². The van der Waals surface area contributed by atoms with Gasteiger partial charge in [0.1, 0.15) is 5.75 Å². The molecule has 0 aliphatic carbocycles. The highest BCUT2D eigenvalue weighted by molar-refractivity contribution is 7.92. The van der Waals surface area contributed by atoms with Gasteiger partial charge in [-0.3, -0.25) is 9.10 Å². The zero-order chi connectivity index (χ0) is 21.6. The molecule has 0 spiro atoms. The minimum Gasteiger partial charge on any atom is -0.507 e. The normalized spacial score (nSPS) is 11.4. The second-order valence-corrected chi connectivity index (χ2v) is 8.47. The molecule has 0 saturated carbocycles. The van der Waals surface area contributed by atoms with Gasteiger partial charge in [-0.2, -0.15) is 5.10 Å². The summed E-state index contributed by atoms with van der Waals surface area (Å²) in [6.45, 7) is 0.149. The zero-order valence-corrected chi connectivity index (χ0v) is 17.1. The van der Waals surface area contributed by atoms with Crippen LogP contribution >= 0.6 is 0 Å². The van der Waals surface area contributed by atoms with Crippen molar-refractivity contribution < 1.29 is 18.3 Å². The van der Waals surface area contributed by atoms with Crippen molar-refractivity contribution in [3.63, 3.8) is 0 Å². The maximum Gasteiger partial charge on any atom is 0.271 e. The number of carbonyl (C=O) groups is 1. The average Bonchev–Trinajstić information content (AvgIpc) is 2.73. The number of aromatic hydroxyl groups is 1. The molecule has 0 heterocycles. The zero-order valence-electron chi connectivity index (χ0n) is 16.3. The van der Waals surface area contributed by atoms with Crippen molar-refractivity contribution >= 4 is 27.8 Å². The van der Waals surface area contributed by atoms with E-state index >= 15 is 0 Å². The molecule has 0 atom stereocenters. The van der Waals surface area contributed by atoms with Gasteiger partial charge in [0.15, 0.2) is 0 Å². The fraction of sp³-hybridized carbons (Fsp3) is 0.0909. The van der Waals surface area contributed by atoms with Crippen LogP contribution < -0.4 is 9.73 Å². The lowest BCUT2D eigenvalue weighted by atomic mass is 10.1. The Labute approximate surface area is 175 Å². The summed E-state index contributed by atoms with van der Waals surface area (Å²) in [5.41, 5.74) is 4.56. The number of carbonyl (C=O) groups excluding carboxylic acids is 1. The van der Waals surface area contributed by atoms with Crippen molar-refractivity contribution in [1.29, 1.82) is 0 Å². The lowest BCUT2D eigenvalue weighted by Crippen LogP contribution is -2.29. The monoisotopic (exact) mass is 423 g/mol. The largest absolute Gasteiger partial charge is 0.507 e. The molecule has 0 saturated heterocycles. The van der Waals surface area contributed by atoms with Crippen molar-refractivity contribution in [2.24, 2.45) is 5.10 Å². The van der Waals surface area contributed by atoms with Crippen LogP contribution in [0.5, 0.6) is 5.75 Å². The molecule has 0 aliphatic rings. The number of hydrazone groups is 1. The first kappa shape index (κ1) is 21.1. The van der Waals surface area contributed by atoms with Crippen LogP contribution in [-0.4, -0.2) is 31.9 Å². The lowest BCUT2D eigenvalue weighted by molar-refractivity contribution is 0.0955. The number of nitrogens with one attached hydrogen (secondary N) is 1. The number of nitrogens with zero attached hydrogens (tertiary/aromatic N) is 2. The minimum absolute atomic E-state index is 0.0636. The summed E-state index contributed by atoms with van der Waals surface area (Å²) < 4.78 is 25.7. The SMILES string of the molecule is CS(=O)(=O)N(Cc1ccc(C(=O)N/N=C\c2ccccc2O)cc1)c1ccccc1. The number of anilines is 1. The van der Waals surface area contributed by atoms with E-state index in [0.717, 1.165) is 11.8 Å². The van der Waals surface area contributed by atoms with E-state index in [1.807, 2.05) is 6.07 Å². The first-order chi connectivity index (χ1) is 14.3. The number of benzene rings is 3. The summed E-state index contributed by atoms with van der Waals surface area (Å²) in [6, 6.07) is 22.1. The van der Waals surface area contributed by atoms with Crippen LogP contribution in [-0.2, 0) is 16.6 Å². The van der Waals surface area contributed by atoms with Crippen molar-refractivity contribution in [3.8, 4) is 5.75 Å². The Morgan fingerprint density at radius 1 is 1.00 bits per heavy atom. The maximum atomic E-state index is 12.2. The van der Waals surface area contributed by atoms with Crippen LogP contribution in [0.25, 0.3) is 0 Å². The fourth-order valence-corrected chi connectivity index (χ4v) is 3.63. The van der Waals surface area contributed by atoms with Gasteiger partial charge < -0.3 is 5.11 Å². The van der Waals surface area contributed by atoms with Crippen molar-refractivity contribution in [2.75, 3.05) is 10.6 Å². The molecule has 1 amide bonds. The number of hydrogen-bond acceptors (Lipinski definition) is 5. The summed E-state index contributed by atoms with van der Waals surface area (Å²) in [6.07, 6.45) is 2.51. The molecule has 0 fully saturated rings. The Hall–Kier alpha value is -3.65. The predicted molar refractivity (Wildman–Crippen MR) is 117 cm³/mol. The van der Waals surface area contributed by atoms with Crippen molar-refractivity contribution in [2.45, 2.75) is 6.54 Å². The molecule has 3 rings (SSSR count). The summed E-state index contributed by atoms with van der Waals surface area (Å²) in [7, 11) is -3.47. The molecule has 3 aromatic rings. The van der Waals surface area contributed by atoms with E-state index in [1.165, 1.54) is 16.6 Å². The number of amides is 1. The third-order valence-electron chi connectivity index (χ3n) is 4.29. The smallest absolute Gasteiger partial charge is 0.271 e. The Kier molecular flexibility index (Phi) is 6.48. The standard InChI is InChI=1S/C22H21N3O4S/c1-30(28,29)25(20-8-3-2-4-9-20)16-17-11-13-18(14-12-17)22(27)24-23-15-19-7-5-6-10-21(19)26/h2-15,26H,16H2,1H3,(H,24,27)/b23-15-. The van der Waals surface area contributed by atoms with Crippen LogP contribution in [0.1, 0.15) is 21.5 Å². The quantitative estimate of drug-likeness (QED) is 0.451. The molecular weight excluding hydrogens is 402 g/mol. The number of phenolic OH excluding ortho intramolecular Hbond substituents is 1. The van der Waals surface area contributed by atoms with Crippen LogP contribution in [0, 0.1) is 0 Å². The molecule has 7 nitrogen and oxygen atoms in total. The Balaban J connectivity index is 1.68. The summed E-state index contributed by atoms with van der Waals surface area (Å²) >= 11 is 0. The van der Waals surface area contributed by atoms with Gasteiger partial charge in [-0.15, -0.1) is 0 Å². The molecule has 3 aromatic carbocycles. The van der Waals surface area contributed by atoms with Crippen LogP contribution in [0.2, 0.25) is 0 Å². The minimum atomic E-state index is -3.47. The fourth-order valence-electron chi connectivity index (χ4n) is 2.74. The molecular formula is C22H21N3O4S. The molecule has 0 bridgehead atoms. The summed E-state index contributed by atoms with van der Waals surface area (Å²) in [5.74, 6) is -0.357. The highest BCUT2D eigenvalue weighted by Gasteiger charge is 2.17. The molecule has 8 heteroatoms. The topological polar surface area (TPSA) is 99.1 Å². The first-order valence-electron chi connectivity index (χ1n) is 9.08. The van der Waals surface area contributed by atoms with Gasteiger partial charge >= 0.3 is 0 Å². The maximum absolute atomic E-state index is 12.2. The number of hydrogen-bond donors (Lipinski definition) is 2. The first-order valence-corrected chi connectivity index (χ1v) is 10.9. The average molecular weight is 423 g/mol. The van der Waals surface area contributed by atoms with Gasteiger partial charge in [-0.05, 0) is 42.0 Å². The van der Waals surface area contributed by atoms with Gasteiger partial charge in [0, 0.05) is 11.1 Å². The Bertz CT molecular complexity index is 1140. The third-order valence-corrected chi connectivity index (χ3v) is 5.43. The summed E-state index contributed by atoms with van der Waals surface area (Å²) in [5, 5.41) is 13.5. The number of sulfonamides is 1. The second-order valence-electron chi connectivity index (χ2n) is 6.56. The van der Waals surface area contributed by atoms with Gasteiger partial charge in [0.2, 0.25) is 10.0 Å². The highest BCUT2D eigenvalue weighted by Crippen LogP contribution is 2.20. The van der Waals surface area contributed by atoms with Crippen molar-refractivity contribution in [3.05, 3.63) is 95.6 Å². The predicted octanol–water partition coefficient (Wildman–Crippen LogP) is 3.12. The third kappa shape index (κ3) is 5.45. The van der Waals surface area contributed by atoms with Crippen LogP contribution in [0.15, 0.2) is 84.0 Å². The van der Waals surface area contributed by atoms with Gasteiger partial charge in [0.05, 0.1) is 24.7 Å². The van der Waals surface area contributed by atoms with E-state index in [2.05, 4.69) is 10.5 Å². The molecule has 2 N–H and O–H groups in total. The van der Waals surface area contributed by atoms with Gasteiger partial charge in [-0.25, -0.2) is 13.8 Å². The number of para-hydroxylation sites is 2. The van der Waals surface area contributed by atoms with Gasteiger partial charge in [-0.1, -0.05) is 42.5 Å². The lowest BCUT2D eigenvalue weighted by Gasteiger charge is -2.22. The second kappa shape index (κ2) is 9.23. The van der Waals surface area contributed by atoms with E-state index in [-0.39, 0.29) is 12.3 Å². The number of rotatable bonds is 7. The van der Waals surface area contributed by atoms with E-state index in [9.17, 15) is 18.3 Å².